The van der Waals surface area contributed by atoms with Crippen LogP contribution in [0.3, 0.4) is 0 Å². The first-order valence-corrected chi connectivity index (χ1v) is 16.0. The van der Waals surface area contributed by atoms with Gasteiger partial charge in [-0.2, -0.15) is 0 Å². The first-order valence-electron chi connectivity index (χ1n) is 16.0. The molecule has 1 aliphatic carbocycles. The number of nitrogens with zero attached hydrogens (tertiary/aromatic N) is 1. The lowest BCUT2D eigenvalue weighted by atomic mass is 9.85. The Hall–Kier alpha value is -3.96. The number of benzene rings is 1. The van der Waals surface area contributed by atoms with Crippen molar-refractivity contribution in [3.63, 3.8) is 0 Å². The third kappa shape index (κ3) is 9.07. The molecule has 1 saturated carbocycles. The van der Waals surface area contributed by atoms with Crippen molar-refractivity contribution in [3.05, 3.63) is 35.9 Å². The Balaban J connectivity index is 1.70. The fourth-order valence-corrected chi connectivity index (χ4v) is 6.13. The Morgan fingerprint density at radius 3 is 2.15 bits per heavy atom. The number of rotatable bonds is 12. The summed E-state index contributed by atoms with van der Waals surface area (Å²) in [6.07, 6.45) is -0.0424. The molecule has 4 unspecified atom stereocenters. The summed E-state index contributed by atoms with van der Waals surface area (Å²) in [5, 5.41) is 10.5. The molecule has 2 fully saturated rings. The molecule has 254 valence electrons. The summed E-state index contributed by atoms with van der Waals surface area (Å²) in [6.45, 7) is 16.7. The van der Waals surface area contributed by atoms with Gasteiger partial charge in [0, 0.05) is 13.1 Å². The first-order chi connectivity index (χ1) is 21.3. The molecule has 46 heavy (non-hydrogen) atoms. The second-order valence-corrected chi connectivity index (χ2v) is 15.0. The summed E-state index contributed by atoms with van der Waals surface area (Å²) in [5.74, 6) is -3.35. The van der Waals surface area contributed by atoms with Gasteiger partial charge in [-0.25, -0.2) is 4.79 Å². The van der Waals surface area contributed by atoms with Crippen LogP contribution in [-0.2, 0) is 35.3 Å². The smallest absolute Gasteiger partial charge is 0.408 e. The van der Waals surface area contributed by atoms with E-state index in [1.165, 1.54) is 4.90 Å². The number of carbonyl (C=O) groups excluding carboxylic acids is 6. The minimum Gasteiger partial charge on any atom is -0.444 e. The van der Waals surface area contributed by atoms with E-state index in [0.29, 0.717) is 13.0 Å². The summed E-state index contributed by atoms with van der Waals surface area (Å²) >= 11 is 0. The molecule has 1 aromatic carbocycles. The molecule has 12 nitrogen and oxygen atoms in total. The molecule has 2 aliphatic rings. The maximum Gasteiger partial charge on any atom is 0.408 e. The highest BCUT2D eigenvalue weighted by molar-refractivity contribution is 6.38. The number of alkyl carbamates (subject to hydrolysis) is 1. The van der Waals surface area contributed by atoms with Crippen LogP contribution in [0.2, 0.25) is 0 Å². The van der Waals surface area contributed by atoms with E-state index < -0.39 is 71.2 Å². The van der Waals surface area contributed by atoms with Gasteiger partial charge in [-0.3, -0.25) is 24.0 Å². The number of likely N-dealkylation sites (tertiary alicyclic amines) is 1. The topological polar surface area (TPSA) is 163 Å². The van der Waals surface area contributed by atoms with E-state index >= 15 is 0 Å². The van der Waals surface area contributed by atoms with Crippen molar-refractivity contribution in [1.82, 2.24) is 26.2 Å². The van der Waals surface area contributed by atoms with Gasteiger partial charge in [-0.05, 0) is 55.4 Å². The summed E-state index contributed by atoms with van der Waals surface area (Å²) in [7, 11) is 0. The van der Waals surface area contributed by atoms with Gasteiger partial charge in [0.2, 0.25) is 23.5 Å². The van der Waals surface area contributed by atoms with E-state index in [9.17, 15) is 28.8 Å². The number of ketones is 1. The van der Waals surface area contributed by atoms with Crippen molar-refractivity contribution in [2.45, 2.75) is 105 Å². The van der Waals surface area contributed by atoms with Gasteiger partial charge in [0.15, 0.2) is 0 Å². The van der Waals surface area contributed by atoms with Gasteiger partial charge in [0.25, 0.3) is 5.91 Å². The molecular formula is C34H51N5O7. The van der Waals surface area contributed by atoms with Gasteiger partial charge in [0.1, 0.15) is 17.7 Å². The number of ether oxygens (including phenoxy) is 1. The zero-order valence-electron chi connectivity index (χ0n) is 28.6. The van der Waals surface area contributed by atoms with Gasteiger partial charge in [-0.1, -0.05) is 78.3 Å². The molecule has 0 radical (unpaired) electrons. The standard InChI is InChI=1S/C34H51N5O7/c1-10-14-22(26(41)29(43)36-18-23(40)35-17-20-15-12-11-13-16-20)37-28(42)25-24-21(34(24,8)9)19-39(25)30(44)27(32(2,3)4)38-31(45)46-33(5,6)7/h11-13,15-16,21-22,24-25,27H,10,14,17-19H2,1-9H3,(H,35,40)(H,36,43)(H,37,42)(H,38,45)/t21?,22?,24?,25-,27?/m0/s1. The normalized spacial score (nSPS) is 21.2. The molecule has 5 atom stereocenters. The number of carbonyl (C=O) groups is 6. The molecule has 1 saturated heterocycles. The number of hydrogen-bond acceptors (Lipinski definition) is 7. The van der Waals surface area contributed by atoms with Crippen molar-refractivity contribution in [2.75, 3.05) is 13.1 Å². The molecular weight excluding hydrogens is 590 g/mol. The minimum absolute atomic E-state index is 0.0624. The zero-order valence-corrected chi connectivity index (χ0v) is 28.6. The molecule has 12 heteroatoms. The number of fused-ring (bicyclic) bond motifs is 1. The highest BCUT2D eigenvalue weighted by Gasteiger charge is 2.70. The molecule has 0 bridgehead atoms. The van der Waals surface area contributed by atoms with Crippen LogP contribution < -0.4 is 21.3 Å². The second-order valence-electron chi connectivity index (χ2n) is 15.0. The summed E-state index contributed by atoms with van der Waals surface area (Å²) in [5.41, 5.74) is -0.789. The first kappa shape index (κ1) is 36.5. The Bertz CT molecular complexity index is 1320. The van der Waals surface area contributed by atoms with E-state index in [-0.39, 0.29) is 30.2 Å². The maximum atomic E-state index is 14.0. The molecule has 1 aromatic rings. The Labute approximate surface area is 272 Å². The predicted octanol–water partition coefficient (Wildman–Crippen LogP) is 2.70. The fourth-order valence-electron chi connectivity index (χ4n) is 6.13. The van der Waals surface area contributed by atoms with Gasteiger partial charge < -0.3 is 30.9 Å². The van der Waals surface area contributed by atoms with E-state index in [1.54, 1.807) is 20.8 Å². The monoisotopic (exact) mass is 641 g/mol. The fraction of sp³-hybridized carbons (Fsp3) is 0.647. The third-order valence-electron chi connectivity index (χ3n) is 8.71. The number of hydrogen-bond donors (Lipinski definition) is 4. The van der Waals surface area contributed by atoms with Crippen molar-refractivity contribution in [3.8, 4) is 0 Å². The largest absolute Gasteiger partial charge is 0.444 e. The average molecular weight is 642 g/mol. The second kappa shape index (κ2) is 14.2. The number of nitrogens with one attached hydrogen (secondary N) is 4. The SMILES string of the molecule is CCCC(NC(=O)[C@@H]1C2C(CN1C(=O)C(NC(=O)OC(C)(C)C)C(C)(C)C)C2(C)C)C(=O)C(=O)NCC(=O)NCc1ccccc1. The van der Waals surface area contributed by atoms with Crippen LogP contribution in [-0.4, -0.2) is 77.2 Å². The van der Waals surface area contributed by atoms with Crippen LogP contribution in [0.5, 0.6) is 0 Å². The maximum absolute atomic E-state index is 14.0. The van der Waals surface area contributed by atoms with Crippen LogP contribution in [0.25, 0.3) is 0 Å². The van der Waals surface area contributed by atoms with Crippen LogP contribution in [0.15, 0.2) is 30.3 Å². The molecule has 1 aliphatic heterocycles. The highest BCUT2D eigenvalue weighted by atomic mass is 16.6. The van der Waals surface area contributed by atoms with Crippen molar-refractivity contribution in [2.24, 2.45) is 22.7 Å². The lowest BCUT2D eigenvalue weighted by molar-refractivity contribution is -0.145. The van der Waals surface area contributed by atoms with Crippen LogP contribution in [0.1, 0.15) is 80.7 Å². The van der Waals surface area contributed by atoms with E-state index in [4.69, 9.17) is 4.74 Å². The molecule has 4 N–H and O–H groups in total. The Kier molecular flexibility index (Phi) is 11.3. The molecule has 5 amide bonds. The van der Waals surface area contributed by atoms with Crippen molar-refractivity contribution >= 4 is 35.5 Å². The van der Waals surface area contributed by atoms with E-state index in [1.807, 2.05) is 71.9 Å². The number of piperidine rings is 1. The highest BCUT2D eigenvalue weighted by Crippen LogP contribution is 2.65. The molecule has 1 heterocycles. The quantitative estimate of drug-likeness (QED) is 0.255. The number of amides is 5. The van der Waals surface area contributed by atoms with E-state index in [2.05, 4.69) is 21.3 Å². The van der Waals surface area contributed by atoms with Gasteiger partial charge in [0.05, 0.1) is 12.6 Å². The summed E-state index contributed by atoms with van der Waals surface area (Å²) in [4.78, 5) is 80.4. The lowest BCUT2D eigenvalue weighted by Crippen LogP contribution is -2.60. The van der Waals surface area contributed by atoms with Crippen LogP contribution in [0, 0.1) is 22.7 Å². The van der Waals surface area contributed by atoms with Gasteiger partial charge in [-0.15, -0.1) is 0 Å². The van der Waals surface area contributed by atoms with E-state index in [0.717, 1.165) is 5.56 Å². The Morgan fingerprint density at radius 1 is 0.957 bits per heavy atom. The number of Topliss-reactive ketones (excluding diaryl/α,β-unsaturated/α-hetero) is 1. The average Bonchev–Trinajstić information content (AvgIpc) is 3.27. The predicted molar refractivity (Wildman–Crippen MR) is 172 cm³/mol. The molecule has 0 spiro atoms. The van der Waals surface area contributed by atoms with Crippen molar-refractivity contribution in [1.29, 1.82) is 0 Å². The molecule has 0 aromatic heterocycles. The van der Waals surface area contributed by atoms with Crippen molar-refractivity contribution < 1.29 is 33.5 Å². The lowest BCUT2D eigenvalue weighted by Gasteiger charge is -2.38. The van der Waals surface area contributed by atoms with Gasteiger partial charge >= 0.3 is 6.09 Å². The minimum atomic E-state index is -1.14. The summed E-state index contributed by atoms with van der Waals surface area (Å²) < 4.78 is 5.41. The summed E-state index contributed by atoms with van der Waals surface area (Å²) in [6, 6.07) is 6.25. The van der Waals surface area contributed by atoms with Crippen LogP contribution >= 0.6 is 0 Å². The van der Waals surface area contributed by atoms with Crippen LogP contribution in [0.4, 0.5) is 4.79 Å². The third-order valence-corrected chi connectivity index (χ3v) is 8.71. The Morgan fingerprint density at radius 2 is 1.59 bits per heavy atom. The zero-order chi connectivity index (χ0) is 34.6. The molecule has 3 rings (SSSR count).